The summed E-state index contributed by atoms with van der Waals surface area (Å²) in [6.45, 7) is 0. The highest BCUT2D eigenvalue weighted by Gasteiger charge is 2.16. The molecule has 18 heavy (non-hydrogen) atoms. The number of allylic oxidation sites excluding steroid dienone is 1. The minimum absolute atomic E-state index is 0.830. The van der Waals surface area contributed by atoms with Crippen molar-refractivity contribution in [3.63, 3.8) is 0 Å². The van der Waals surface area contributed by atoms with Gasteiger partial charge in [-0.3, -0.25) is 4.98 Å². The van der Waals surface area contributed by atoms with E-state index in [0.29, 0.717) is 0 Å². The van der Waals surface area contributed by atoms with Crippen LogP contribution in [0.15, 0.2) is 40.0 Å². The smallest absolute Gasteiger partial charge is 0.153 e. The van der Waals surface area contributed by atoms with E-state index in [1.807, 2.05) is 12.1 Å². The van der Waals surface area contributed by atoms with Crippen molar-refractivity contribution in [3.05, 3.63) is 46.8 Å². The molecule has 2 nitrogen and oxygen atoms in total. The van der Waals surface area contributed by atoms with Crippen molar-refractivity contribution < 1.29 is 4.42 Å². The van der Waals surface area contributed by atoms with Crippen LogP contribution in [0.4, 0.5) is 0 Å². The van der Waals surface area contributed by atoms with E-state index in [4.69, 9.17) is 16.0 Å². The van der Waals surface area contributed by atoms with Crippen molar-refractivity contribution in [1.82, 2.24) is 4.98 Å². The van der Waals surface area contributed by atoms with Gasteiger partial charge in [0.05, 0.1) is 6.20 Å². The lowest BCUT2D eigenvalue weighted by atomic mass is 9.93. The minimum Gasteiger partial charge on any atom is -0.454 e. The second-order valence-electron chi connectivity index (χ2n) is 4.58. The summed E-state index contributed by atoms with van der Waals surface area (Å²) in [5, 5.41) is 3.18. The molecule has 0 bridgehead atoms. The molecule has 0 saturated carbocycles. The predicted molar refractivity (Wildman–Crippen MR) is 73.7 cm³/mol. The summed E-state index contributed by atoms with van der Waals surface area (Å²) in [5.74, 6) is 0. The maximum atomic E-state index is 6.18. The Hall–Kier alpha value is -1.80. The lowest BCUT2D eigenvalue weighted by molar-refractivity contribution is 0.666. The van der Waals surface area contributed by atoms with E-state index in [-0.39, 0.29) is 0 Å². The molecule has 0 N–H and O–H groups in total. The standard InChI is InChI=1S/C15H10ClNO/c16-10-3-1-9-2-4-13-15(12(9)7-10)11-5-6-17-8-14(11)18-13/h2,4-8H,1,3H2. The summed E-state index contributed by atoms with van der Waals surface area (Å²) in [4.78, 5) is 4.10. The van der Waals surface area contributed by atoms with E-state index in [2.05, 4.69) is 17.1 Å². The third-order valence-corrected chi connectivity index (χ3v) is 3.80. The quantitative estimate of drug-likeness (QED) is 0.591. The van der Waals surface area contributed by atoms with E-state index in [1.165, 1.54) is 11.1 Å². The summed E-state index contributed by atoms with van der Waals surface area (Å²) >= 11 is 6.18. The molecular weight excluding hydrogens is 246 g/mol. The average Bonchev–Trinajstić information content (AvgIpc) is 2.77. The zero-order chi connectivity index (χ0) is 12.1. The molecule has 1 aromatic carbocycles. The number of rotatable bonds is 0. The molecule has 0 saturated heterocycles. The molecular formula is C15H10ClNO. The number of furan rings is 1. The highest BCUT2D eigenvalue weighted by molar-refractivity contribution is 6.32. The van der Waals surface area contributed by atoms with Crippen LogP contribution < -0.4 is 0 Å². The Balaban J connectivity index is 2.22. The van der Waals surface area contributed by atoms with Gasteiger partial charge in [0.25, 0.3) is 0 Å². The molecule has 2 heterocycles. The van der Waals surface area contributed by atoms with Crippen LogP contribution in [0.25, 0.3) is 28.0 Å². The number of aryl methyl sites for hydroxylation is 1. The lowest BCUT2D eigenvalue weighted by Gasteiger charge is -2.13. The monoisotopic (exact) mass is 255 g/mol. The van der Waals surface area contributed by atoms with Gasteiger partial charge in [-0.1, -0.05) is 17.7 Å². The fourth-order valence-electron chi connectivity index (χ4n) is 2.66. The molecule has 0 spiro atoms. The van der Waals surface area contributed by atoms with Crippen molar-refractivity contribution in [1.29, 1.82) is 0 Å². The maximum absolute atomic E-state index is 6.18. The molecule has 0 aliphatic heterocycles. The Labute approximate surface area is 109 Å². The molecule has 3 aromatic rings. The van der Waals surface area contributed by atoms with E-state index < -0.39 is 0 Å². The van der Waals surface area contributed by atoms with Crippen LogP contribution in [0.1, 0.15) is 17.5 Å². The fraction of sp³-hybridized carbons (Fsp3) is 0.133. The molecule has 3 heteroatoms. The Bertz CT molecular complexity index is 801. The third kappa shape index (κ3) is 1.33. The first-order chi connectivity index (χ1) is 8.83. The first kappa shape index (κ1) is 10.2. The largest absolute Gasteiger partial charge is 0.454 e. The number of hydrogen-bond acceptors (Lipinski definition) is 2. The molecule has 0 radical (unpaired) electrons. The van der Waals surface area contributed by atoms with Crippen molar-refractivity contribution >= 4 is 39.6 Å². The number of nitrogens with zero attached hydrogens (tertiary/aromatic N) is 1. The summed E-state index contributed by atoms with van der Waals surface area (Å²) in [6, 6.07) is 6.17. The van der Waals surface area contributed by atoms with E-state index in [9.17, 15) is 0 Å². The highest BCUT2D eigenvalue weighted by Crippen LogP contribution is 2.37. The molecule has 0 amide bonds. The molecule has 2 aromatic heterocycles. The van der Waals surface area contributed by atoms with Gasteiger partial charge in [0.2, 0.25) is 0 Å². The van der Waals surface area contributed by atoms with Gasteiger partial charge in [-0.2, -0.15) is 0 Å². The molecule has 0 unspecified atom stereocenters. The van der Waals surface area contributed by atoms with Crippen LogP contribution in [0, 0.1) is 0 Å². The summed E-state index contributed by atoms with van der Waals surface area (Å²) in [7, 11) is 0. The summed E-state index contributed by atoms with van der Waals surface area (Å²) < 4.78 is 5.82. The van der Waals surface area contributed by atoms with E-state index in [1.54, 1.807) is 12.4 Å². The van der Waals surface area contributed by atoms with Crippen molar-refractivity contribution in [2.75, 3.05) is 0 Å². The normalized spacial score (nSPS) is 14.8. The minimum atomic E-state index is 0.830. The predicted octanol–water partition coefficient (Wildman–Crippen LogP) is 4.51. The van der Waals surface area contributed by atoms with Gasteiger partial charge >= 0.3 is 0 Å². The number of fused-ring (bicyclic) bond motifs is 5. The van der Waals surface area contributed by atoms with Crippen LogP contribution in [-0.2, 0) is 6.42 Å². The Morgan fingerprint density at radius 2 is 2.06 bits per heavy atom. The second-order valence-corrected chi connectivity index (χ2v) is 5.06. The Kier molecular flexibility index (Phi) is 2.03. The van der Waals surface area contributed by atoms with Crippen molar-refractivity contribution in [2.45, 2.75) is 12.8 Å². The van der Waals surface area contributed by atoms with Gasteiger partial charge < -0.3 is 4.42 Å². The van der Waals surface area contributed by atoms with Gasteiger partial charge in [-0.05, 0) is 42.2 Å². The molecule has 0 atom stereocenters. The fourth-order valence-corrected chi connectivity index (χ4v) is 2.86. The van der Waals surface area contributed by atoms with E-state index in [0.717, 1.165) is 39.8 Å². The molecule has 1 aliphatic rings. The van der Waals surface area contributed by atoms with Crippen LogP contribution >= 0.6 is 11.6 Å². The third-order valence-electron chi connectivity index (χ3n) is 3.51. The Morgan fingerprint density at radius 1 is 1.11 bits per heavy atom. The Morgan fingerprint density at radius 3 is 3.00 bits per heavy atom. The molecule has 88 valence electrons. The maximum Gasteiger partial charge on any atom is 0.153 e. The number of hydrogen-bond donors (Lipinski definition) is 0. The number of aromatic nitrogens is 1. The van der Waals surface area contributed by atoms with Gasteiger partial charge in [0.15, 0.2) is 5.58 Å². The van der Waals surface area contributed by atoms with Crippen LogP contribution in [0.5, 0.6) is 0 Å². The highest BCUT2D eigenvalue weighted by atomic mass is 35.5. The number of halogens is 1. The second kappa shape index (κ2) is 3.59. The van der Waals surface area contributed by atoms with Gasteiger partial charge in [0.1, 0.15) is 5.58 Å². The average molecular weight is 256 g/mol. The SMILES string of the molecule is ClC1=Cc2c(ccc3oc4cnccc4c23)CC1. The van der Waals surface area contributed by atoms with Gasteiger partial charge in [0, 0.05) is 22.0 Å². The van der Waals surface area contributed by atoms with E-state index >= 15 is 0 Å². The number of pyridine rings is 1. The summed E-state index contributed by atoms with van der Waals surface area (Å²) in [6.07, 6.45) is 7.55. The van der Waals surface area contributed by atoms with Gasteiger partial charge in [-0.25, -0.2) is 0 Å². The molecule has 4 rings (SSSR count). The topological polar surface area (TPSA) is 26.0 Å². The van der Waals surface area contributed by atoms with Crippen LogP contribution in [-0.4, -0.2) is 4.98 Å². The van der Waals surface area contributed by atoms with Crippen LogP contribution in [0.2, 0.25) is 0 Å². The zero-order valence-electron chi connectivity index (χ0n) is 9.61. The first-order valence-electron chi connectivity index (χ1n) is 5.97. The van der Waals surface area contributed by atoms with Crippen molar-refractivity contribution in [2.24, 2.45) is 0 Å². The van der Waals surface area contributed by atoms with Gasteiger partial charge in [-0.15, -0.1) is 0 Å². The molecule has 0 fully saturated rings. The van der Waals surface area contributed by atoms with Crippen LogP contribution in [0.3, 0.4) is 0 Å². The zero-order valence-corrected chi connectivity index (χ0v) is 10.4. The number of benzene rings is 1. The summed E-state index contributed by atoms with van der Waals surface area (Å²) in [5.41, 5.74) is 4.27. The lowest BCUT2D eigenvalue weighted by Crippen LogP contribution is -1.96. The van der Waals surface area contributed by atoms with Crippen molar-refractivity contribution in [3.8, 4) is 0 Å². The first-order valence-corrected chi connectivity index (χ1v) is 6.35. The molecule has 1 aliphatic carbocycles.